The lowest BCUT2D eigenvalue weighted by Gasteiger charge is -2.18. The Balaban J connectivity index is 2.50. The molecule has 1 amide bonds. The maximum absolute atomic E-state index is 10.8. The van der Waals surface area contributed by atoms with Gasteiger partial charge in [0.15, 0.2) is 0 Å². The van der Waals surface area contributed by atoms with E-state index in [4.69, 9.17) is 5.73 Å². The first-order valence-electron chi connectivity index (χ1n) is 3.79. The number of nitrogens with two attached hydrogens (primary N) is 1. The van der Waals surface area contributed by atoms with Crippen molar-refractivity contribution in [3.05, 3.63) is 0 Å². The molecule has 0 unspecified atom stereocenters. The number of primary amides is 1. The number of carbonyl (C=O) groups is 1. The molecular formula is C7H14N2O. The highest BCUT2D eigenvalue weighted by molar-refractivity contribution is 5.80. The van der Waals surface area contributed by atoms with Gasteiger partial charge >= 0.3 is 0 Å². The Hall–Kier alpha value is -0.570. The maximum atomic E-state index is 10.8. The summed E-state index contributed by atoms with van der Waals surface area (Å²) in [7, 11) is 0. The number of nitrogens with zero attached hydrogens (tertiary/aromatic N) is 1. The molecule has 0 bridgehead atoms. The van der Waals surface area contributed by atoms with Crippen LogP contribution in [0.4, 0.5) is 0 Å². The molecule has 3 heteroatoms. The average Bonchev–Trinajstić information content (AvgIpc) is 2.33. The highest BCUT2D eigenvalue weighted by Gasteiger charge is 2.26. The van der Waals surface area contributed by atoms with E-state index in [1.807, 2.05) is 0 Å². The third kappa shape index (κ3) is 1.29. The zero-order chi connectivity index (χ0) is 7.56. The van der Waals surface area contributed by atoms with Crippen LogP contribution in [0.3, 0.4) is 0 Å². The van der Waals surface area contributed by atoms with Gasteiger partial charge in [0.1, 0.15) is 0 Å². The van der Waals surface area contributed by atoms with Crippen molar-refractivity contribution >= 4 is 5.91 Å². The first-order chi connectivity index (χ1) is 4.75. The van der Waals surface area contributed by atoms with Crippen LogP contribution in [0.15, 0.2) is 0 Å². The highest BCUT2D eigenvalue weighted by atomic mass is 16.1. The zero-order valence-electron chi connectivity index (χ0n) is 6.34. The number of amides is 1. The van der Waals surface area contributed by atoms with Crippen molar-refractivity contribution < 1.29 is 4.79 Å². The Morgan fingerprint density at radius 1 is 1.80 bits per heavy atom. The summed E-state index contributed by atoms with van der Waals surface area (Å²) in [5.74, 6) is -0.167. The van der Waals surface area contributed by atoms with Crippen molar-refractivity contribution in [1.29, 1.82) is 0 Å². The molecule has 1 rings (SSSR count). The fraction of sp³-hybridized carbons (Fsp3) is 0.857. The molecular weight excluding hydrogens is 128 g/mol. The number of hydrogen-bond acceptors (Lipinski definition) is 2. The van der Waals surface area contributed by atoms with E-state index >= 15 is 0 Å². The fourth-order valence-electron chi connectivity index (χ4n) is 1.53. The molecule has 0 aromatic carbocycles. The molecule has 3 nitrogen and oxygen atoms in total. The largest absolute Gasteiger partial charge is 0.368 e. The molecule has 1 aliphatic heterocycles. The first-order valence-corrected chi connectivity index (χ1v) is 3.79. The van der Waals surface area contributed by atoms with Crippen molar-refractivity contribution in [2.75, 3.05) is 13.1 Å². The van der Waals surface area contributed by atoms with Crippen LogP contribution < -0.4 is 5.73 Å². The molecule has 1 fully saturated rings. The van der Waals surface area contributed by atoms with Crippen LogP contribution in [0.5, 0.6) is 0 Å². The second-order valence-corrected chi connectivity index (χ2v) is 2.69. The van der Waals surface area contributed by atoms with Crippen molar-refractivity contribution in [3.8, 4) is 0 Å². The quantitative estimate of drug-likeness (QED) is 0.588. The van der Waals surface area contributed by atoms with Crippen LogP contribution in [-0.4, -0.2) is 29.9 Å². The molecule has 1 atom stereocenters. The van der Waals surface area contributed by atoms with E-state index in [1.165, 1.54) is 0 Å². The third-order valence-electron chi connectivity index (χ3n) is 2.10. The van der Waals surface area contributed by atoms with E-state index in [1.54, 1.807) is 0 Å². The Morgan fingerprint density at radius 3 is 2.90 bits per heavy atom. The van der Waals surface area contributed by atoms with Gasteiger partial charge in [-0.3, -0.25) is 9.69 Å². The van der Waals surface area contributed by atoms with Gasteiger partial charge in [-0.2, -0.15) is 0 Å². The minimum Gasteiger partial charge on any atom is -0.368 e. The molecule has 2 N–H and O–H groups in total. The maximum Gasteiger partial charge on any atom is 0.234 e. The minimum absolute atomic E-state index is 0.0185. The average molecular weight is 142 g/mol. The monoisotopic (exact) mass is 142 g/mol. The van der Waals surface area contributed by atoms with Crippen LogP contribution in [0.1, 0.15) is 19.8 Å². The lowest BCUT2D eigenvalue weighted by molar-refractivity contribution is -0.122. The SMILES string of the molecule is CCN1CCC[C@@H]1C(N)=O. The van der Waals surface area contributed by atoms with Gasteiger partial charge in [0, 0.05) is 0 Å². The molecule has 0 aromatic heterocycles. The summed E-state index contributed by atoms with van der Waals surface area (Å²) >= 11 is 0. The van der Waals surface area contributed by atoms with Gasteiger partial charge in [-0.1, -0.05) is 6.92 Å². The second-order valence-electron chi connectivity index (χ2n) is 2.69. The van der Waals surface area contributed by atoms with Gasteiger partial charge < -0.3 is 5.73 Å². The van der Waals surface area contributed by atoms with Gasteiger partial charge in [-0.15, -0.1) is 0 Å². The van der Waals surface area contributed by atoms with Gasteiger partial charge in [-0.05, 0) is 25.9 Å². The van der Waals surface area contributed by atoms with Gasteiger partial charge in [0.05, 0.1) is 6.04 Å². The van der Waals surface area contributed by atoms with Crippen LogP contribution in [-0.2, 0) is 4.79 Å². The summed E-state index contributed by atoms with van der Waals surface area (Å²) in [4.78, 5) is 12.9. The van der Waals surface area contributed by atoms with E-state index < -0.39 is 0 Å². The second kappa shape index (κ2) is 3.01. The number of carbonyl (C=O) groups excluding carboxylic acids is 1. The van der Waals surface area contributed by atoms with Gasteiger partial charge in [0.25, 0.3) is 0 Å². The minimum atomic E-state index is -0.167. The van der Waals surface area contributed by atoms with Crippen LogP contribution >= 0.6 is 0 Å². The Morgan fingerprint density at radius 2 is 2.50 bits per heavy atom. The van der Waals surface area contributed by atoms with Crippen LogP contribution in [0.25, 0.3) is 0 Å². The molecule has 58 valence electrons. The van der Waals surface area contributed by atoms with Crippen LogP contribution in [0, 0.1) is 0 Å². The van der Waals surface area contributed by atoms with E-state index in [0.717, 1.165) is 25.9 Å². The fourth-order valence-corrected chi connectivity index (χ4v) is 1.53. The normalized spacial score (nSPS) is 27.1. The van der Waals surface area contributed by atoms with Gasteiger partial charge in [0.2, 0.25) is 5.91 Å². The Bertz CT molecular complexity index is 136. The molecule has 1 heterocycles. The summed E-state index contributed by atoms with van der Waals surface area (Å²) in [6.07, 6.45) is 2.06. The predicted molar refractivity (Wildman–Crippen MR) is 39.5 cm³/mol. The van der Waals surface area contributed by atoms with E-state index in [-0.39, 0.29) is 11.9 Å². The van der Waals surface area contributed by atoms with Crippen molar-refractivity contribution in [1.82, 2.24) is 4.90 Å². The summed E-state index contributed by atoms with van der Waals surface area (Å²) in [5, 5.41) is 0. The number of rotatable bonds is 2. The highest BCUT2D eigenvalue weighted by Crippen LogP contribution is 2.15. The summed E-state index contributed by atoms with van der Waals surface area (Å²) in [6.45, 7) is 4.03. The molecule has 0 spiro atoms. The number of hydrogen-bond donors (Lipinski definition) is 1. The molecule has 0 saturated carbocycles. The Labute approximate surface area is 61.2 Å². The standard InChI is InChI=1S/C7H14N2O/c1-2-9-5-3-4-6(9)7(8)10/h6H,2-5H2,1H3,(H2,8,10)/t6-/m1/s1. The topological polar surface area (TPSA) is 46.3 Å². The number of likely N-dealkylation sites (N-methyl/N-ethyl adjacent to an activating group) is 1. The van der Waals surface area contributed by atoms with Crippen molar-refractivity contribution in [3.63, 3.8) is 0 Å². The summed E-state index contributed by atoms with van der Waals surface area (Å²) in [6, 6.07) is 0.0185. The number of likely N-dealkylation sites (tertiary alicyclic amines) is 1. The summed E-state index contributed by atoms with van der Waals surface area (Å²) < 4.78 is 0. The smallest absolute Gasteiger partial charge is 0.234 e. The molecule has 0 aromatic rings. The van der Waals surface area contributed by atoms with E-state index in [2.05, 4.69) is 11.8 Å². The predicted octanol–water partition coefficient (Wildman–Crippen LogP) is -0.0440. The lowest BCUT2D eigenvalue weighted by atomic mass is 10.2. The lowest BCUT2D eigenvalue weighted by Crippen LogP contribution is -2.39. The molecule has 0 aliphatic carbocycles. The van der Waals surface area contributed by atoms with Gasteiger partial charge in [-0.25, -0.2) is 0 Å². The third-order valence-corrected chi connectivity index (χ3v) is 2.10. The molecule has 1 aliphatic rings. The van der Waals surface area contributed by atoms with E-state index in [0.29, 0.717) is 0 Å². The Kier molecular flexibility index (Phi) is 2.27. The van der Waals surface area contributed by atoms with Crippen molar-refractivity contribution in [2.45, 2.75) is 25.8 Å². The van der Waals surface area contributed by atoms with E-state index in [9.17, 15) is 4.79 Å². The molecule has 1 saturated heterocycles. The molecule has 0 radical (unpaired) electrons. The summed E-state index contributed by atoms with van der Waals surface area (Å²) in [5.41, 5.74) is 5.18. The zero-order valence-corrected chi connectivity index (χ0v) is 6.34. The van der Waals surface area contributed by atoms with Crippen LogP contribution in [0.2, 0.25) is 0 Å². The molecule has 10 heavy (non-hydrogen) atoms. The van der Waals surface area contributed by atoms with Crippen molar-refractivity contribution in [2.24, 2.45) is 5.73 Å². The first kappa shape index (κ1) is 7.54.